The molecule has 148 valence electrons. The molecule has 1 aromatic heterocycles. The smallest absolute Gasteiger partial charge is 0.273 e. The minimum absolute atomic E-state index is 0.0452. The molecule has 2 aromatic carbocycles. The second-order valence-corrected chi connectivity index (χ2v) is 7.11. The number of nitrogens with one attached hydrogen (secondary N) is 1. The van der Waals surface area contributed by atoms with Crippen molar-refractivity contribution in [3.05, 3.63) is 77.0 Å². The van der Waals surface area contributed by atoms with Crippen molar-refractivity contribution in [3.8, 4) is 22.8 Å². The van der Waals surface area contributed by atoms with Crippen LogP contribution in [-0.4, -0.2) is 39.3 Å². The number of aromatic nitrogens is 2. The number of fused-ring (bicyclic) bond motifs is 1. The summed E-state index contributed by atoms with van der Waals surface area (Å²) in [6.07, 6.45) is 1.69. The van der Waals surface area contributed by atoms with Gasteiger partial charge in [0.25, 0.3) is 5.91 Å². The van der Waals surface area contributed by atoms with E-state index in [0.717, 1.165) is 11.3 Å². The maximum atomic E-state index is 13.0. The zero-order chi connectivity index (χ0) is 20.5. The molecule has 2 N–H and O–H groups in total. The lowest BCUT2D eigenvalue weighted by Crippen LogP contribution is -2.29. The SMILES string of the molecule is C=CCN1C(=O)c2[nH]nc(-c3cc(Cl)ccc3O)c2C1c1ccc(OCC)cc1. The molecule has 0 bridgehead atoms. The Morgan fingerprint density at radius 1 is 1.31 bits per heavy atom. The number of ether oxygens (including phenoxy) is 1. The highest BCUT2D eigenvalue weighted by Gasteiger charge is 2.42. The number of H-pyrrole nitrogens is 1. The number of phenols is 1. The molecule has 0 radical (unpaired) electrons. The van der Waals surface area contributed by atoms with Crippen molar-refractivity contribution >= 4 is 17.5 Å². The van der Waals surface area contributed by atoms with E-state index >= 15 is 0 Å². The maximum absolute atomic E-state index is 13.0. The first-order valence-electron chi connectivity index (χ1n) is 9.27. The zero-order valence-electron chi connectivity index (χ0n) is 15.9. The Hall–Kier alpha value is -3.25. The number of hydrogen-bond donors (Lipinski definition) is 2. The fraction of sp³-hybridized carbons (Fsp3) is 0.182. The van der Waals surface area contributed by atoms with E-state index in [1.54, 1.807) is 23.1 Å². The summed E-state index contributed by atoms with van der Waals surface area (Å²) in [5, 5.41) is 18.0. The second kappa shape index (κ2) is 7.64. The minimum Gasteiger partial charge on any atom is -0.507 e. The van der Waals surface area contributed by atoms with Crippen molar-refractivity contribution in [1.29, 1.82) is 0 Å². The van der Waals surface area contributed by atoms with Gasteiger partial charge < -0.3 is 14.7 Å². The van der Waals surface area contributed by atoms with Gasteiger partial charge in [-0.3, -0.25) is 9.89 Å². The molecule has 0 aliphatic carbocycles. The first-order valence-corrected chi connectivity index (χ1v) is 9.64. The quantitative estimate of drug-likeness (QED) is 0.585. The van der Waals surface area contributed by atoms with E-state index in [9.17, 15) is 9.90 Å². The van der Waals surface area contributed by atoms with E-state index in [2.05, 4.69) is 16.8 Å². The molecule has 0 saturated carbocycles. The summed E-state index contributed by atoms with van der Waals surface area (Å²) in [6, 6.07) is 12.0. The molecule has 2 heterocycles. The summed E-state index contributed by atoms with van der Waals surface area (Å²) in [6.45, 7) is 6.66. The standard InChI is InChI=1S/C22H20ClN3O3/c1-3-11-26-21(13-5-8-15(9-6-13)29-4-2)18-19(24-25-20(18)22(26)28)16-12-14(23)7-10-17(16)27/h3,5-10,12,21,27H,1,4,11H2,2H3,(H,24,25). The summed E-state index contributed by atoms with van der Waals surface area (Å²) in [4.78, 5) is 14.7. The van der Waals surface area contributed by atoms with Crippen LogP contribution in [0.25, 0.3) is 11.3 Å². The molecule has 7 heteroatoms. The first-order chi connectivity index (χ1) is 14.0. The van der Waals surface area contributed by atoms with Crippen molar-refractivity contribution in [3.63, 3.8) is 0 Å². The predicted octanol–water partition coefficient (Wildman–Crippen LogP) is 4.57. The monoisotopic (exact) mass is 409 g/mol. The van der Waals surface area contributed by atoms with Crippen LogP contribution >= 0.6 is 11.6 Å². The molecule has 4 rings (SSSR count). The van der Waals surface area contributed by atoms with E-state index in [-0.39, 0.29) is 17.7 Å². The normalized spacial score (nSPS) is 15.4. The molecule has 3 aromatic rings. The van der Waals surface area contributed by atoms with Crippen LogP contribution in [0.1, 0.15) is 34.6 Å². The number of halogens is 1. The summed E-state index contributed by atoms with van der Waals surface area (Å²) < 4.78 is 5.53. The Kier molecular flexibility index (Phi) is 5.03. The Morgan fingerprint density at radius 2 is 2.07 bits per heavy atom. The molecule has 1 aliphatic rings. The van der Waals surface area contributed by atoms with Crippen molar-refractivity contribution in [2.45, 2.75) is 13.0 Å². The largest absolute Gasteiger partial charge is 0.507 e. The maximum Gasteiger partial charge on any atom is 0.273 e. The number of nitrogens with zero attached hydrogens (tertiary/aromatic N) is 2. The van der Waals surface area contributed by atoms with Gasteiger partial charge in [-0.2, -0.15) is 5.10 Å². The van der Waals surface area contributed by atoms with Crippen molar-refractivity contribution in [2.24, 2.45) is 0 Å². The molecular weight excluding hydrogens is 390 g/mol. The molecular formula is C22H20ClN3O3. The minimum atomic E-state index is -0.377. The molecule has 29 heavy (non-hydrogen) atoms. The van der Waals surface area contributed by atoms with Crippen LogP contribution in [0.3, 0.4) is 0 Å². The Labute approximate surface area is 173 Å². The number of carbonyl (C=O) groups is 1. The highest BCUT2D eigenvalue weighted by Crippen LogP contribution is 2.45. The van der Waals surface area contributed by atoms with E-state index in [0.29, 0.717) is 40.7 Å². The number of hydrogen-bond acceptors (Lipinski definition) is 4. The number of carbonyl (C=O) groups excluding carboxylic acids is 1. The number of phenolic OH excluding ortho intramolecular Hbond substituents is 1. The van der Waals surface area contributed by atoms with Gasteiger partial charge in [0.15, 0.2) is 0 Å². The lowest BCUT2D eigenvalue weighted by atomic mass is 9.95. The molecule has 1 amide bonds. The second-order valence-electron chi connectivity index (χ2n) is 6.67. The third-order valence-corrected chi connectivity index (χ3v) is 5.15. The average Bonchev–Trinajstić information content (AvgIpc) is 3.25. The fourth-order valence-electron chi connectivity index (χ4n) is 3.69. The van der Waals surface area contributed by atoms with Crippen LogP contribution in [0.15, 0.2) is 55.1 Å². The Bertz CT molecular complexity index is 1080. The Morgan fingerprint density at radius 3 is 2.76 bits per heavy atom. The van der Waals surface area contributed by atoms with Crippen LogP contribution in [0, 0.1) is 0 Å². The third kappa shape index (κ3) is 3.25. The molecule has 0 fully saturated rings. The van der Waals surface area contributed by atoms with Gasteiger partial charge in [0.2, 0.25) is 0 Å². The lowest BCUT2D eigenvalue weighted by molar-refractivity contribution is 0.0764. The average molecular weight is 410 g/mol. The van der Waals surface area contributed by atoms with Gasteiger partial charge in [-0.1, -0.05) is 29.8 Å². The molecule has 1 aliphatic heterocycles. The molecule has 0 saturated heterocycles. The van der Waals surface area contributed by atoms with Gasteiger partial charge in [-0.15, -0.1) is 6.58 Å². The Balaban J connectivity index is 1.87. The van der Waals surface area contributed by atoms with E-state index in [1.165, 1.54) is 6.07 Å². The van der Waals surface area contributed by atoms with E-state index < -0.39 is 0 Å². The highest BCUT2D eigenvalue weighted by atomic mass is 35.5. The van der Waals surface area contributed by atoms with Crippen LogP contribution in [0.2, 0.25) is 5.02 Å². The number of aromatic hydroxyl groups is 1. The van der Waals surface area contributed by atoms with E-state index in [1.807, 2.05) is 31.2 Å². The van der Waals surface area contributed by atoms with Gasteiger partial charge in [-0.05, 0) is 42.8 Å². The molecule has 1 atom stereocenters. The highest BCUT2D eigenvalue weighted by molar-refractivity contribution is 6.31. The van der Waals surface area contributed by atoms with Gasteiger partial charge in [0.05, 0.1) is 12.6 Å². The van der Waals surface area contributed by atoms with Gasteiger partial charge in [0.1, 0.15) is 22.9 Å². The van der Waals surface area contributed by atoms with Crippen LogP contribution in [0.5, 0.6) is 11.5 Å². The molecule has 0 spiro atoms. The summed E-state index contributed by atoms with van der Waals surface area (Å²) in [5.74, 6) is 0.638. The van der Waals surface area contributed by atoms with Crippen LogP contribution < -0.4 is 4.74 Å². The fourth-order valence-corrected chi connectivity index (χ4v) is 3.86. The van der Waals surface area contributed by atoms with Crippen molar-refractivity contribution in [1.82, 2.24) is 15.1 Å². The number of aromatic amines is 1. The topological polar surface area (TPSA) is 78.5 Å². The van der Waals surface area contributed by atoms with Crippen LogP contribution in [-0.2, 0) is 0 Å². The summed E-state index contributed by atoms with van der Waals surface area (Å²) in [7, 11) is 0. The van der Waals surface area contributed by atoms with Gasteiger partial charge >= 0.3 is 0 Å². The van der Waals surface area contributed by atoms with Gasteiger partial charge in [-0.25, -0.2) is 0 Å². The summed E-state index contributed by atoms with van der Waals surface area (Å²) >= 11 is 6.14. The predicted molar refractivity (Wildman–Crippen MR) is 111 cm³/mol. The van der Waals surface area contributed by atoms with E-state index in [4.69, 9.17) is 16.3 Å². The molecule has 6 nitrogen and oxygen atoms in total. The van der Waals surface area contributed by atoms with Crippen molar-refractivity contribution in [2.75, 3.05) is 13.2 Å². The van der Waals surface area contributed by atoms with Gasteiger partial charge in [0, 0.05) is 22.7 Å². The van der Waals surface area contributed by atoms with Crippen LogP contribution in [0.4, 0.5) is 0 Å². The third-order valence-electron chi connectivity index (χ3n) is 4.91. The number of amides is 1. The zero-order valence-corrected chi connectivity index (χ0v) is 16.6. The lowest BCUT2D eigenvalue weighted by Gasteiger charge is -2.25. The molecule has 1 unspecified atom stereocenters. The number of rotatable bonds is 6. The number of benzene rings is 2. The van der Waals surface area contributed by atoms with Crippen molar-refractivity contribution < 1.29 is 14.6 Å². The summed E-state index contributed by atoms with van der Waals surface area (Å²) in [5.41, 5.74) is 2.99. The first kappa shape index (κ1) is 19.1.